The molecule has 6 atom stereocenters. The maximum Gasteiger partial charge on any atom is 0.338 e. The largest absolute Gasteiger partial charge is 0.480 e. The molecule has 0 amide bonds. The van der Waals surface area contributed by atoms with E-state index in [1.54, 1.807) is 91.8 Å². The number of esters is 3. The highest BCUT2D eigenvalue weighted by Gasteiger charge is 2.42. The fourth-order valence-corrected chi connectivity index (χ4v) is 14.9. The van der Waals surface area contributed by atoms with Gasteiger partial charge in [0.2, 0.25) is 5.96 Å². The van der Waals surface area contributed by atoms with Crippen LogP contribution in [0.5, 0.6) is 0 Å². The van der Waals surface area contributed by atoms with Crippen LogP contribution in [0.2, 0.25) is 10.0 Å². The van der Waals surface area contributed by atoms with Gasteiger partial charge < -0.3 is 59.9 Å². The molecule has 6 N–H and O–H groups in total. The summed E-state index contributed by atoms with van der Waals surface area (Å²) in [6.07, 6.45) is 6.66. The smallest absolute Gasteiger partial charge is 0.338 e. The number of aliphatic carboxylic acids is 3. The molecule has 3 aromatic heterocycles. The lowest BCUT2D eigenvalue weighted by molar-refractivity contribution is -0.150. The first-order chi connectivity index (χ1) is 49.9. The van der Waals surface area contributed by atoms with E-state index in [-0.39, 0.29) is 69.4 Å². The van der Waals surface area contributed by atoms with Gasteiger partial charge >= 0.3 is 35.8 Å². The summed E-state index contributed by atoms with van der Waals surface area (Å²) in [4.78, 5) is 107. The third-order valence-electron chi connectivity index (χ3n) is 16.9. The number of ether oxygens (including phenoxy) is 5. The van der Waals surface area contributed by atoms with E-state index in [9.17, 15) is 52.9 Å². The van der Waals surface area contributed by atoms with Crippen molar-refractivity contribution in [1.82, 2.24) is 55.3 Å². The zero-order valence-corrected chi connectivity index (χ0v) is 62.9. The Morgan fingerprint density at radius 1 is 0.625 bits per heavy atom. The van der Waals surface area contributed by atoms with E-state index in [0.717, 1.165) is 4.88 Å². The number of amidine groups is 2. The molecule has 552 valence electrons. The van der Waals surface area contributed by atoms with Gasteiger partial charge in [-0.2, -0.15) is 5.10 Å². The number of nitrogens with one attached hydrogen (secondary N) is 3. The Bertz CT molecular complexity index is 4380. The molecule has 104 heavy (non-hydrogen) atoms. The predicted molar refractivity (Wildman–Crippen MR) is 388 cm³/mol. The molecule has 6 aromatic rings. The first kappa shape index (κ1) is 78.3. The quantitative estimate of drug-likeness (QED) is 0.0311. The molecule has 12 rings (SSSR count). The topological polar surface area (TPSA) is 339 Å². The van der Waals surface area contributed by atoms with Gasteiger partial charge in [-0.1, -0.05) is 73.3 Å². The minimum absolute atomic E-state index is 0.0321. The van der Waals surface area contributed by atoms with Crippen molar-refractivity contribution < 1.29 is 76.6 Å². The molecular formula is C68H72Br2Cl2F2N14O14S2. The van der Waals surface area contributed by atoms with Crippen LogP contribution in [0.4, 0.5) is 8.78 Å². The van der Waals surface area contributed by atoms with Gasteiger partial charge in [-0.3, -0.25) is 39.1 Å². The number of benzene rings is 3. The van der Waals surface area contributed by atoms with Crippen molar-refractivity contribution in [3.63, 3.8) is 0 Å². The highest BCUT2D eigenvalue weighted by atomic mass is 79.9. The molecular weight excluding hydrogens is 1570 g/mol. The van der Waals surface area contributed by atoms with E-state index in [2.05, 4.69) is 62.9 Å². The highest BCUT2D eigenvalue weighted by molar-refractivity contribution is 9.10. The predicted octanol–water partition coefficient (Wildman–Crippen LogP) is 8.04. The van der Waals surface area contributed by atoms with Gasteiger partial charge in [-0.25, -0.2) is 42.8 Å². The lowest BCUT2D eigenvalue weighted by Gasteiger charge is -2.39. The number of carbonyl (C=O) groups excluding carboxylic acids is 3. The molecule has 0 saturated carbocycles. The molecule has 0 spiro atoms. The monoisotopic (exact) mass is 1640 g/mol. The number of piperazine rings is 1. The standard InChI is InChI=1S/C23H25BrFN5O4S.C23H24Cl2N4O5S.C22H23BrFN5O5/c1-3-34-23(33)18-16(11-30-8-7-29(2)12-17(30)22(31)32)27-20(21-26-6-9-35-21)28-19(18)14-5-4-13(25)10-15(14)24;1-3-34-23(32)18-16(10-29-6-7-33-11-17(29)22(30)31)27-20(21-26-9-12(2)35-21)28-19(18)14-5-4-13(24)8-15(14)25;1-2-34-21(32)18-16(11-28-8-9-33-12-17(28)20(30)31)26-22(29-7-3-6-25-29)27-19(18)14-5-4-13(24)10-15(14)23/h4-6,9-10,17,19H,3,7-8,11-12H2,1-2H3,(H,27,28)(H,31,32);4-5,8-9,17,19H,3,6-7,10-11H2,1-2H3,(H,27,28)(H,30,31);3-7,10,17,19H,2,8-9,11-12H2,1H3,(H,26,27)(H,30,31). The molecule has 0 bridgehead atoms. The van der Waals surface area contributed by atoms with Crippen LogP contribution in [0.3, 0.4) is 0 Å². The first-order valence-electron chi connectivity index (χ1n) is 32.6. The van der Waals surface area contributed by atoms with Crippen LogP contribution >= 0.6 is 77.7 Å². The molecule has 6 aliphatic heterocycles. The first-order valence-corrected chi connectivity index (χ1v) is 36.7. The number of nitrogens with zero attached hydrogens (tertiary/aromatic N) is 11. The second kappa shape index (κ2) is 36.2. The zero-order valence-electron chi connectivity index (χ0n) is 56.6. The summed E-state index contributed by atoms with van der Waals surface area (Å²) >= 11 is 22.3. The molecule has 3 saturated heterocycles. The van der Waals surface area contributed by atoms with Crippen molar-refractivity contribution >= 4 is 131 Å². The summed E-state index contributed by atoms with van der Waals surface area (Å²) in [6.45, 7) is 11.0. The van der Waals surface area contributed by atoms with Crippen LogP contribution in [0.1, 0.15) is 70.5 Å². The molecule has 3 aromatic carbocycles. The zero-order chi connectivity index (χ0) is 74.5. The lowest BCUT2D eigenvalue weighted by atomic mass is 9.95. The average Bonchev–Trinajstić information content (AvgIpc) is 0.918. The number of morpholine rings is 2. The Labute approximate surface area is 630 Å². The molecule has 6 unspecified atom stereocenters. The van der Waals surface area contributed by atoms with Crippen LogP contribution in [0.15, 0.2) is 149 Å². The van der Waals surface area contributed by atoms with Crippen molar-refractivity contribution in [2.75, 3.05) is 106 Å². The van der Waals surface area contributed by atoms with Gasteiger partial charge in [0.15, 0.2) is 21.7 Å². The van der Waals surface area contributed by atoms with Crippen molar-refractivity contribution in [1.29, 1.82) is 0 Å². The second-order valence-electron chi connectivity index (χ2n) is 23.8. The van der Waals surface area contributed by atoms with Gasteiger partial charge in [-0.05, 0) is 88.3 Å². The molecule has 0 radical (unpaired) electrons. The van der Waals surface area contributed by atoms with Gasteiger partial charge in [-0.15, -0.1) is 22.7 Å². The van der Waals surface area contributed by atoms with Gasteiger partial charge in [0.1, 0.15) is 47.9 Å². The van der Waals surface area contributed by atoms with Crippen molar-refractivity contribution in [3.8, 4) is 0 Å². The number of hydrogen-bond acceptors (Lipinski definition) is 26. The Kier molecular flexibility index (Phi) is 27.2. The van der Waals surface area contributed by atoms with Crippen LogP contribution in [-0.2, 0) is 52.5 Å². The van der Waals surface area contributed by atoms with E-state index >= 15 is 0 Å². The van der Waals surface area contributed by atoms with Gasteiger partial charge in [0.05, 0.1) is 63.0 Å². The Balaban J connectivity index is 0.000000167. The number of aromatic nitrogens is 4. The fourth-order valence-electron chi connectivity index (χ4n) is 12.0. The molecule has 3 fully saturated rings. The van der Waals surface area contributed by atoms with Crippen LogP contribution in [0, 0.1) is 18.6 Å². The number of carboxylic acid groups (broad SMARTS) is 3. The minimum Gasteiger partial charge on any atom is -0.480 e. The van der Waals surface area contributed by atoms with E-state index in [4.69, 9.17) is 61.9 Å². The number of carbonyl (C=O) groups is 6. The maximum absolute atomic E-state index is 13.9. The second-order valence-corrected chi connectivity index (χ2v) is 28.5. The van der Waals surface area contributed by atoms with Crippen LogP contribution < -0.4 is 16.0 Å². The molecule has 36 heteroatoms. The number of thiazole rings is 2. The third-order valence-corrected chi connectivity index (χ3v) is 20.5. The third kappa shape index (κ3) is 19.0. The number of hydrogen-bond donors (Lipinski definition) is 6. The van der Waals surface area contributed by atoms with Crippen molar-refractivity contribution in [2.24, 2.45) is 15.0 Å². The summed E-state index contributed by atoms with van der Waals surface area (Å²) in [5.74, 6) is -4.33. The molecule has 9 heterocycles. The minimum atomic E-state index is -1.02. The summed E-state index contributed by atoms with van der Waals surface area (Å²) < 4.78 is 56.9. The van der Waals surface area contributed by atoms with Crippen LogP contribution in [-0.4, -0.2) is 232 Å². The Morgan fingerprint density at radius 2 is 1.12 bits per heavy atom. The number of likely N-dealkylation sites (N-methyl/N-ethyl adjacent to an activating group) is 1. The van der Waals surface area contributed by atoms with E-state index in [1.165, 1.54) is 51.6 Å². The van der Waals surface area contributed by atoms with Crippen molar-refractivity contribution in [3.05, 3.63) is 187 Å². The van der Waals surface area contributed by atoms with E-state index in [0.29, 0.717) is 126 Å². The van der Waals surface area contributed by atoms with Crippen molar-refractivity contribution in [2.45, 2.75) is 63.9 Å². The molecule has 6 aliphatic rings. The Hall–Kier alpha value is -8.26. The fraction of sp³-hybridized carbons (Fsp3) is 0.382. The highest BCUT2D eigenvalue weighted by Crippen LogP contribution is 2.41. The van der Waals surface area contributed by atoms with Gasteiger partial charge in [0, 0.05) is 129 Å². The maximum atomic E-state index is 13.9. The lowest BCUT2D eigenvalue weighted by Crippen LogP contribution is -2.56. The summed E-state index contributed by atoms with van der Waals surface area (Å²) in [5, 5.41) is 46.9. The van der Waals surface area contributed by atoms with E-state index in [1.807, 2.05) is 29.2 Å². The number of rotatable bonds is 20. The molecule has 28 nitrogen and oxygen atoms in total. The van der Waals surface area contributed by atoms with E-state index < -0.39 is 83.7 Å². The number of halogens is 6. The summed E-state index contributed by atoms with van der Waals surface area (Å²) in [5.41, 5.74) is 3.80. The van der Waals surface area contributed by atoms with Crippen LogP contribution in [0.25, 0.3) is 0 Å². The SMILES string of the molecule is CCOC(=O)C1=C(CN2CCN(C)CC2C(=O)O)NC(c2nccs2)=NC1c1ccc(F)cc1Br.CCOC(=O)C1=C(CN2CCOCC2C(=O)O)NC(c2ncc(C)s2)=NC1c1ccc(Cl)cc1Cl.CCOC(=O)C1=C(CN2CCOCC2C(=O)O)NC(n2cccn2)=NC1c1ccc(F)cc1Br. The normalized spacial score (nSPS) is 21.1. The number of carboxylic acids is 3. The summed E-state index contributed by atoms with van der Waals surface area (Å²) in [6, 6.07) is 10.1. The molecule has 0 aliphatic carbocycles. The Morgan fingerprint density at radius 3 is 1.57 bits per heavy atom. The number of aliphatic imine (C=N–C) groups is 3. The number of aryl methyl sites for hydroxylation is 1. The average molecular weight is 1640 g/mol. The van der Waals surface area contributed by atoms with Gasteiger partial charge in [0.25, 0.3) is 0 Å². The summed E-state index contributed by atoms with van der Waals surface area (Å²) in [7, 11) is 1.88.